The van der Waals surface area contributed by atoms with Gasteiger partial charge in [0.15, 0.2) is 0 Å². The number of hydrogen-bond acceptors (Lipinski definition) is 4. The molecular formula is C15H28N2O3. The van der Waals surface area contributed by atoms with Gasteiger partial charge in [-0.1, -0.05) is 0 Å². The standard InChI is InChI=1S/C15H28N2O3/c1-15(2,3)20-14(19)16-12-8-11(6-7-18)9-17(10-12)13-4-5-13/h11-13,18H,4-10H2,1-3H3,(H,16,19). The van der Waals surface area contributed by atoms with E-state index in [1.807, 2.05) is 20.8 Å². The Morgan fingerprint density at radius 3 is 2.60 bits per heavy atom. The minimum atomic E-state index is -0.459. The van der Waals surface area contributed by atoms with E-state index in [0.717, 1.165) is 25.9 Å². The second-order valence-corrected chi connectivity index (χ2v) is 7.14. The van der Waals surface area contributed by atoms with E-state index in [4.69, 9.17) is 9.84 Å². The number of alkyl carbamates (subject to hydrolysis) is 1. The molecule has 116 valence electrons. The van der Waals surface area contributed by atoms with Gasteiger partial charge in [0.25, 0.3) is 0 Å². The highest BCUT2D eigenvalue weighted by Gasteiger charge is 2.36. The van der Waals surface area contributed by atoms with Crippen LogP contribution in [0.3, 0.4) is 0 Å². The molecule has 2 fully saturated rings. The molecule has 0 radical (unpaired) electrons. The first-order valence-electron chi connectivity index (χ1n) is 7.72. The van der Waals surface area contributed by atoms with Crippen LogP contribution in [0.25, 0.3) is 0 Å². The fourth-order valence-electron chi connectivity index (χ4n) is 2.95. The number of carbonyl (C=O) groups is 1. The Labute approximate surface area is 121 Å². The van der Waals surface area contributed by atoms with Gasteiger partial charge in [-0.2, -0.15) is 0 Å². The zero-order valence-corrected chi connectivity index (χ0v) is 12.9. The van der Waals surface area contributed by atoms with Gasteiger partial charge < -0.3 is 15.2 Å². The first kappa shape index (κ1) is 15.6. The lowest BCUT2D eigenvalue weighted by Crippen LogP contribution is -2.52. The van der Waals surface area contributed by atoms with Crippen molar-refractivity contribution in [3.05, 3.63) is 0 Å². The Morgan fingerprint density at radius 1 is 1.35 bits per heavy atom. The second-order valence-electron chi connectivity index (χ2n) is 7.14. The SMILES string of the molecule is CC(C)(C)OC(=O)NC1CC(CCO)CN(C2CC2)C1. The molecule has 0 spiro atoms. The Kier molecular flexibility index (Phi) is 4.91. The first-order chi connectivity index (χ1) is 9.37. The average Bonchev–Trinajstić information content (AvgIpc) is 3.09. The molecular weight excluding hydrogens is 256 g/mol. The molecule has 0 aromatic carbocycles. The lowest BCUT2D eigenvalue weighted by molar-refractivity contribution is 0.0434. The topological polar surface area (TPSA) is 61.8 Å². The van der Waals surface area contributed by atoms with Crippen LogP contribution >= 0.6 is 0 Å². The summed E-state index contributed by atoms with van der Waals surface area (Å²) >= 11 is 0. The van der Waals surface area contributed by atoms with E-state index in [1.165, 1.54) is 12.8 Å². The van der Waals surface area contributed by atoms with Crippen molar-refractivity contribution in [3.8, 4) is 0 Å². The number of ether oxygens (including phenoxy) is 1. The molecule has 1 saturated heterocycles. The summed E-state index contributed by atoms with van der Waals surface area (Å²) < 4.78 is 5.33. The molecule has 2 atom stereocenters. The quantitative estimate of drug-likeness (QED) is 0.825. The molecule has 1 aliphatic heterocycles. The highest BCUT2D eigenvalue weighted by Crippen LogP contribution is 2.32. The molecule has 1 amide bonds. The van der Waals surface area contributed by atoms with Crippen LogP contribution in [0.1, 0.15) is 46.5 Å². The minimum absolute atomic E-state index is 0.135. The van der Waals surface area contributed by atoms with Crippen LogP contribution in [-0.2, 0) is 4.74 Å². The van der Waals surface area contributed by atoms with Crippen molar-refractivity contribution in [3.63, 3.8) is 0 Å². The van der Waals surface area contributed by atoms with Gasteiger partial charge in [0.2, 0.25) is 0 Å². The summed E-state index contributed by atoms with van der Waals surface area (Å²) in [4.78, 5) is 14.3. The van der Waals surface area contributed by atoms with Crippen molar-refractivity contribution in [2.45, 2.75) is 64.1 Å². The van der Waals surface area contributed by atoms with Crippen LogP contribution in [0.4, 0.5) is 4.79 Å². The van der Waals surface area contributed by atoms with Gasteiger partial charge in [0.1, 0.15) is 5.60 Å². The minimum Gasteiger partial charge on any atom is -0.444 e. The maximum Gasteiger partial charge on any atom is 0.407 e. The number of likely N-dealkylation sites (tertiary alicyclic amines) is 1. The van der Waals surface area contributed by atoms with Crippen molar-refractivity contribution in [1.82, 2.24) is 10.2 Å². The number of nitrogens with zero attached hydrogens (tertiary/aromatic N) is 1. The third-order valence-corrected chi connectivity index (χ3v) is 3.89. The summed E-state index contributed by atoms with van der Waals surface area (Å²) in [5.74, 6) is 0.467. The van der Waals surface area contributed by atoms with E-state index < -0.39 is 5.60 Å². The van der Waals surface area contributed by atoms with Crippen LogP contribution in [0.15, 0.2) is 0 Å². The number of hydrogen-bond donors (Lipinski definition) is 2. The van der Waals surface area contributed by atoms with E-state index in [2.05, 4.69) is 10.2 Å². The summed E-state index contributed by atoms with van der Waals surface area (Å²) in [5, 5.41) is 12.1. The maximum absolute atomic E-state index is 11.9. The van der Waals surface area contributed by atoms with E-state index in [0.29, 0.717) is 12.0 Å². The van der Waals surface area contributed by atoms with Crippen molar-refractivity contribution in [1.29, 1.82) is 0 Å². The Hall–Kier alpha value is -0.810. The van der Waals surface area contributed by atoms with Crippen LogP contribution < -0.4 is 5.32 Å². The van der Waals surface area contributed by atoms with Crippen LogP contribution in [0.2, 0.25) is 0 Å². The summed E-state index contributed by atoms with van der Waals surface area (Å²) in [6, 6.07) is 0.829. The lowest BCUT2D eigenvalue weighted by Gasteiger charge is -2.38. The fraction of sp³-hybridized carbons (Fsp3) is 0.933. The van der Waals surface area contributed by atoms with Gasteiger partial charge in [0.05, 0.1) is 0 Å². The molecule has 0 aromatic heterocycles. The van der Waals surface area contributed by atoms with E-state index in [1.54, 1.807) is 0 Å². The van der Waals surface area contributed by atoms with Crippen LogP contribution in [0.5, 0.6) is 0 Å². The van der Waals surface area contributed by atoms with E-state index in [9.17, 15) is 4.79 Å². The molecule has 1 heterocycles. The van der Waals surface area contributed by atoms with Gasteiger partial charge in [0, 0.05) is 31.8 Å². The van der Waals surface area contributed by atoms with Gasteiger partial charge in [-0.15, -0.1) is 0 Å². The monoisotopic (exact) mass is 284 g/mol. The summed E-state index contributed by atoms with van der Waals surface area (Å²) in [7, 11) is 0. The Bertz CT molecular complexity index is 337. The smallest absolute Gasteiger partial charge is 0.407 e. The third kappa shape index (κ3) is 4.94. The second kappa shape index (κ2) is 6.31. The highest BCUT2D eigenvalue weighted by molar-refractivity contribution is 5.68. The number of carbonyl (C=O) groups excluding carboxylic acids is 1. The van der Waals surface area contributed by atoms with Crippen molar-refractivity contribution < 1.29 is 14.6 Å². The van der Waals surface area contributed by atoms with Crippen LogP contribution in [-0.4, -0.2) is 53.5 Å². The molecule has 0 bridgehead atoms. The largest absolute Gasteiger partial charge is 0.444 e. The highest BCUT2D eigenvalue weighted by atomic mass is 16.6. The number of rotatable bonds is 4. The predicted octanol–water partition coefficient (Wildman–Crippen LogP) is 1.75. The number of aliphatic hydroxyl groups is 1. The maximum atomic E-state index is 11.9. The van der Waals surface area contributed by atoms with E-state index in [-0.39, 0.29) is 18.7 Å². The number of aliphatic hydroxyl groups excluding tert-OH is 1. The molecule has 5 heteroatoms. The summed E-state index contributed by atoms with van der Waals surface area (Å²) in [6.45, 7) is 7.81. The zero-order chi connectivity index (χ0) is 14.8. The van der Waals surface area contributed by atoms with Gasteiger partial charge in [-0.05, 0) is 52.4 Å². The lowest BCUT2D eigenvalue weighted by atomic mass is 9.91. The molecule has 2 rings (SSSR count). The zero-order valence-electron chi connectivity index (χ0n) is 12.9. The molecule has 2 aliphatic rings. The molecule has 5 nitrogen and oxygen atoms in total. The number of piperidine rings is 1. The molecule has 2 N–H and O–H groups in total. The molecule has 20 heavy (non-hydrogen) atoms. The van der Waals surface area contributed by atoms with Crippen molar-refractivity contribution in [2.75, 3.05) is 19.7 Å². The average molecular weight is 284 g/mol. The Morgan fingerprint density at radius 2 is 2.05 bits per heavy atom. The summed E-state index contributed by atoms with van der Waals surface area (Å²) in [6.07, 6.45) is 3.96. The van der Waals surface area contributed by atoms with Crippen molar-refractivity contribution in [2.24, 2.45) is 5.92 Å². The first-order valence-corrected chi connectivity index (χ1v) is 7.72. The molecule has 1 saturated carbocycles. The molecule has 1 aliphatic carbocycles. The summed E-state index contributed by atoms with van der Waals surface area (Å²) in [5.41, 5.74) is -0.459. The van der Waals surface area contributed by atoms with Gasteiger partial charge >= 0.3 is 6.09 Å². The number of amides is 1. The van der Waals surface area contributed by atoms with Gasteiger partial charge in [-0.3, -0.25) is 4.90 Å². The van der Waals surface area contributed by atoms with E-state index >= 15 is 0 Å². The fourth-order valence-corrected chi connectivity index (χ4v) is 2.95. The normalized spacial score (nSPS) is 28.2. The third-order valence-electron chi connectivity index (χ3n) is 3.89. The van der Waals surface area contributed by atoms with Crippen molar-refractivity contribution >= 4 is 6.09 Å². The Balaban J connectivity index is 1.86. The van der Waals surface area contributed by atoms with Gasteiger partial charge in [-0.25, -0.2) is 4.79 Å². The molecule has 0 aromatic rings. The van der Waals surface area contributed by atoms with Crippen LogP contribution in [0, 0.1) is 5.92 Å². The molecule has 2 unspecified atom stereocenters. The predicted molar refractivity (Wildman–Crippen MR) is 77.6 cm³/mol. The number of nitrogens with one attached hydrogen (secondary N) is 1.